The largest absolute Gasteiger partial charge is 0.372 e. The monoisotopic (exact) mass is 357 g/mol. The summed E-state index contributed by atoms with van der Waals surface area (Å²) in [5.74, 6) is 0.638. The Labute approximate surface area is 150 Å². The lowest BCUT2D eigenvalue weighted by Crippen LogP contribution is -2.31. The molecule has 3 heterocycles. The highest BCUT2D eigenvalue weighted by Crippen LogP contribution is 2.31. The second-order valence-electron chi connectivity index (χ2n) is 6.43. The van der Waals surface area contributed by atoms with Crippen molar-refractivity contribution in [3.05, 3.63) is 53.4 Å². The first-order valence-corrected chi connectivity index (χ1v) is 8.54. The molecule has 1 fully saturated rings. The van der Waals surface area contributed by atoms with Crippen molar-refractivity contribution >= 4 is 0 Å². The summed E-state index contributed by atoms with van der Waals surface area (Å²) in [7, 11) is 1.91. The maximum atomic E-state index is 13.0. The van der Waals surface area contributed by atoms with Gasteiger partial charge in [0.2, 0.25) is 11.7 Å². The van der Waals surface area contributed by atoms with Crippen LogP contribution < -0.4 is 5.32 Å². The standard InChI is InChI=1S/C18H20FN5O2/c1-11-14(10-24(2)22-11)17-15(7-8-25-17)20-9-16-21-18(23-26-16)12-3-5-13(19)6-4-12/h3-6,10,15,17,20H,7-9H2,1-2H3/t15-,17+/m0/s1. The summed E-state index contributed by atoms with van der Waals surface area (Å²) in [5, 5.41) is 11.8. The molecule has 136 valence electrons. The third kappa shape index (κ3) is 3.38. The molecule has 7 nitrogen and oxygen atoms in total. The first-order valence-electron chi connectivity index (χ1n) is 8.54. The second-order valence-corrected chi connectivity index (χ2v) is 6.43. The van der Waals surface area contributed by atoms with E-state index in [1.54, 1.807) is 16.8 Å². The zero-order valence-corrected chi connectivity index (χ0v) is 14.6. The van der Waals surface area contributed by atoms with E-state index in [4.69, 9.17) is 9.26 Å². The summed E-state index contributed by atoms with van der Waals surface area (Å²) in [4.78, 5) is 4.37. The number of nitrogens with one attached hydrogen (secondary N) is 1. The van der Waals surface area contributed by atoms with Gasteiger partial charge in [-0.3, -0.25) is 4.68 Å². The first-order chi connectivity index (χ1) is 12.6. The Hall–Kier alpha value is -2.58. The van der Waals surface area contributed by atoms with E-state index in [0.717, 1.165) is 23.2 Å². The summed E-state index contributed by atoms with van der Waals surface area (Å²) in [5.41, 5.74) is 2.79. The zero-order valence-electron chi connectivity index (χ0n) is 14.6. The van der Waals surface area contributed by atoms with E-state index in [1.807, 2.05) is 20.2 Å². The van der Waals surface area contributed by atoms with Crippen LogP contribution in [-0.4, -0.2) is 32.6 Å². The maximum Gasteiger partial charge on any atom is 0.240 e. The van der Waals surface area contributed by atoms with Crippen LogP contribution >= 0.6 is 0 Å². The van der Waals surface area contributed by atoms with Gasteiger partial charge in [-0.1, -0.05) is 5.16 Å². The minimum atomic E-state index is -0.294. The van der Waals surface area contributed by atoms with E-state index in [1.165, 1.54) is 12.1 Å². The smallest absolute Gasteiger partial charge is 0.240 e. The molecule has 1 aliphatic heterocycles. The molecule has 1 aromatic carbocycles. The van der Waals surface area contributed by atoms with Gasteiger partial charge in [-0.05, 0) is 37.6 Å². The van der Waals surface area contributed by atoms with Crippen LogP contribution in [0.15, 0.2) is 35.0 Å². The van der Waals surface area contributed by atoms with Gasteiger partial charge in [0.25, 0.3) is 0 Å². The number of rotatable bonds is 5. The van der Waals surface area contributed by atoms with Gasteiger partial charge in [0, 0.05) is 37.0 Å². The molecule has 0 radical (unpaired) electrons. The van der Waals surface area contributed by atoms with Gasteiger partial charge in [0.05, 0.1) is 12.2 Å². The van der Waals surface area contributed by atoms with Crippen LogP contribution in [0.25, 0.3) is 11.4 Å². The fourth-order valence-corrected chi connectivity index (χ4v) is 3.26. The molecule has 2 atom stereocenters. The maximum absolute atomic E-state index is 13.0. The number of halogens is 1. The SMILES string of the molecule is Cc1nn(C)cc1[C@H]1OCC[C@@H]1NCc1nc(-c2ccc(F)cc2)no1. The van der Waals surface area contributed by atoms with E-state index in [2.05, 4.69) is 20.6 Å². The number of nitrogens with zero attached hydrogens (tertiary/aromatic N) is 4. The van der Waals surface area contributed by atoms with Gasteiger partial charge in [-0.15, -0.1) is 0 Å². The summed E-state index contributed by atoms with van der Waals surface area (Å²) in [6, 6.07) is 6.16. The number of benzene rings is 1. The van der Waals surface area contributed by atoms with Crippen LogP contribution in [0.4, 0.5) is 4.39 Å². The number of aryl methyl sites for hydroxylation is 2. The second kappa shape index (κ2) is 6.97. The van der Waals surface area contributed by atoms with Crippen LogP contribution in [0.1, 0.15) is 29.7 Å². The molecule has 1 N–H and O–H groups in total. The Kier molecular flexibility index (Phi) is 4.52. The number of aromatic nitrogens is 4. The molecule has 0 aliphatic carbocycles. The van der Waals surface area contributed by atoms with Crippen molar-refractivity contribution in [2.24, 2.45) is 7.05 Å². The Balaban J connectivity index is 1.42. The van der Waals surface area contributed by atoms with Crippen molar-refractivity contribution in [3.63, 3.8) is 0 Å². The average molecular weight is 357 g/mol. The molecule has 1 aliphatic rings. The Morgan fingerprint density at radius 2 is 2.12 bits per heavy atom. The Morgan fingerprint density at radius 1 is 1.31 bits per heavy atom. The third-order valence-electron chi connectivity index (χ3n) is 4.54. The summed E-state index contributed by atoms with van der Waals surface area (Å²) in [6.07, 6.45) is 2.86. The molecule has 0 spiro atoms. The zero-order chi connectivity index (χ0) is 18.1. The molecule has 2 aromatic heterocycles. The van der Waals surface area contributed by atoms with Crippen LogP contribution in [0.3, 0.4) is 0 Å². The predicted octanol–water partition coefficient (Wildman–Crippen LogP) is 2.54. The van der Waals surface area contributed by atoms with E-state index in [9.17, 15) is 4.39 Å². The summed E-state index contributed by atoms with van der Waals surface area (Å²) < 4.78 is 26.0. The Bertz CT molecular complexity index is 889. The lowest BCUT2D eigenvalue weighted by atomic mass is 10.0. The van der Waals surface area contributed by atoms with E-state index >= 15 is 0 Å². The van der Waals surface area contributed by atoms with Crippen LogP contribution in [0, 0.1) is 12.7 Å². The van der Waals surface area contributed by atoms with E-state index in [-0.39, 0.29) is 18.0 Å². The van der Waals surface area contributed by atoms with Crippen LogP contribution in [0.2, 0.25) is 0 Å². The highest BCUT2D eigenvalue weighted by molar-refractivity contribution is 5.53. The number of hydrogen-bond acceptors (Lipinski definition) is 6. The molecule has 0 amide bonds. The minimum absolute atomic E-state index is 0.0387. The molecule has 3 aromatic rings. The molecule has 26 heavy (non-hydrogen) atoms. The predicted molar refractivity (Wildman–Crippen MR) is 91.6 cm³/mol. The molecule has 8 heteroatoms. The van der Waals surface area contributed by atoms with Crippen LogP contribution in [0.5, 0.6) is 0 Å². The third-order valence-corrected chi connectivity index (χ3v) is 4.54. The molecular weight excluding hydrogens is 337 g/mol. The van der Waals surface area contributed by atoms with Gasteiger partial charge < -0.3 is 14.6 Å². The lowest BCUT2D eigenvalue weighted by Gasteiger charge is -2.18. The number of ether oxygens (including phenoxy) is 1. The van der Waals surface area contributed by atoms with E-state index in [0.29, 0.717) is 24.9 Å². The summed E-state index contributed by atoms with van der Waals surface area (Å²) in [6.45, 7) is 3.13. The molecule has 4 rings (SSSR count). The molecule has 1 saturated heterocycles. The van der Waals surface area contributed by atoms with Crippen LogP contribution in [-0.2, 0) is 18.3 Å². The van der Waals surface area contributed by atoms with Crippen molar-refractivity contribution in [3.8, 4) is 11.4 Å². The highest BCUT2D eigenvalue weighted by atomic mass is 19.1. The lowest BCUT2D eigenvalue weighted by molar-refractivity contribution is 0.0973. The molecule has 0 bridgehead atoms. The molecular formula is C18H20FN5O2. The van der Waals surface area contributed by atoms with Crippen molar-refractivity contribution in [2.75, 3.05) is 6.61 Å². The average Bonchev–Trinajstić information content (AvgIpc) is 3.33. The van der Waals surface area contributed by atoms with Crippen molar-refractivity contribution in [2.45, 2.75) is 32.0 Å². The van der Waals surface area contributed by atoms with E-state index < -0.39 is 0 Å². The molecule has 0 saturated carbocycles. The van der Waals surface area contributed by atoms with Gasteiger partial charge in [0.1, 0.15) is 11.9 Å². The quantitative estimate of drug-likeness (QED) is 0.756. The molecule has 0 unspecified atom stereocenters. The van der Waals surface area contributed by atoms with Crippen molar-refractivity contribution in [1.29, 1.82) is 0 Å². The van der Waals surface area contributed by atoms with Gasteiger partial charge in [0.15, 0.2) is 0 Å². The normalized spacial score (nSPS) is 20.0. The fourth-order valence-electron chi connectivity index (χ4n) is 3.26. The topological polar surface area (TPSA) is 78.0 Å². The van der Waals surface area contributed by atoms with Gasteiger partial charge in [-0.25, -0.2) is 4.39 Å². The minimum Gasteiger partial charge on any atom is -0.372 e. The highest BCUT2D eigenvalue weighted by Gasteiger charge is 2.32. The van der Waals surface area contributed by atoms with Crippen molar-refractivity contribution in [1.82, 2.24) is 25.2 Å². The Morgan fingerprint density at radius 3 is 2.85 bits per heavy atom. The summed E-state index contributed by atoms with van der Waals surface area (Å²) >= 11 is 0. The van der Waals surface area contributed by atoms with Gasteiger partial charge in [-0.2, -0.15) is 10.1 Å². The first kappa shape index (κ1) is 16.9. The van der Waals surface area contributed by atoms with Crippen molar-refractivity contribution < 1.29 is 13.7 Å². The van der Waals surface area contributed by atoms with Gasteiger partial charge >= 0.3 is 0 Å². The number of hydrogen-bond donors (Lipinski definition) is 1. The fraction of sp³-hybridized carbons (Fsp3) is 0.389.